The Kier molecular flexibility index (Phi) is 12.8. The van der Waals surface area contributed by atoms with Crippen LogP contribution in [0.5, 0.6) is 0 Å². The number of guanidine groups is 1. The molecule has 0 heterocycles. The van der Waals surface area contributed by atoms with Crippen LogP contribution in [-0.2, 0) is 28.9 Å². The van der Waals surface area contributed by atoms with E-state index in [1.165, 1.54) is 16.3 Å². The molecule has 230 valence electrons. The Bertz CT molecular complexity index is 1490. The van der Waals surface area contributed by atoms with Crippen molar-refractivity contribution >= 4 is 28.5 Å². The minimum atomic E-state index is -0.710. The molecule has 0 spiro atoms. The highest BCUT2D eigenvalue weighted by Gasteiger charge is 2.25. The number of hydrogen-bond donors (Lipinski definition) is 5. The number of nitrogens with two attached hydrogens (primary N) is 2. The fraction of sp³-hybridized carbons (Fsp3) is 0.306. The molecule has 0 aliphatic heterocycles. The molecule has 8 nitrogen and oxygen atoms in total. The standard InChI is InChI=1S/C36H44N6O2/c37-36(38)41-23-10-18-32(34(43)40-24-21-29-19-20-30-16-7-8-17-31(30)25-29)42-35(44)33(26-28-13-5-2-6-14-28)39-22-9-15-27-11-3-1-4-12-27/h1-8,11-14,16-17,19-20,25,32-33,39H,9-10,15,18,21-24,26H2,(H,40,43)(H,42,44)(H4,37,38,41)/t32-,33+/m0/s1. The predicted octanol–water partition coefficient (Wildman–Crippen LogP) is 3.87. The summed E-state index contributed by atoms with van der Waals surface area (Å²) in [6.07, 6.45) is 3.97. The Balaban J connectivity index is 1.37. The third kappa shape index (κ3) is 10.9. The summed E-state index contributed by atoms with van der Waals surface area (Å²) in [5.74, 6) is -0.412. The molecule has 0 aliphatic rings. The number of aryl methyl sites for hydroxylation is 1. The predicted molar refractivity (Wildman–Crippen MR) is 179 cm³/mol. The maximum atomic E-state index is 13.7. The summed E-state index contributed by atoms with van der Waals surface area (Å²) in [5, 5.41) is 11.9. The van der Waals surface area contributed by atoms with E-state index in [4.69, 9.17) is 11.5 Å². The average Bonchev–Trinajstić information content (AvgIpc) is 3.04. The van der Waals surface area contributed by atoms with E-state index in [9.17, 15) is 9.59 Å². The molecule has 2 amide bonds. The highest BCUT2D eigenvalue weighted by molar-refractivity contribution is 5.90. The van der Waals surface area contributed by atoms with Gasteiger partial charge in [-0.1, -0.05) is 103 Å². The minimum absolute atomic E-state index is 0.00745. The van der Waals surface area contributed by atoms with Gasteiger partial charge in [-0.25, -0.2) is 0 Å². The summed E-state index contributed by atoms with van der Waals surface area (Å²) in [6.45, 7) is 1.51. The van der Waals surface area contributed by atoms with Crippen molar-refractivity contribution in [3.63, 3.8) is 0 Å². The molecule has 4 aromatic carbocycles. The summed E-state index contributed by atoms with van der Waals surface area (Å²) in [5.41, 5.74) is 14.4. The van der Waals surface area contributed by atoms with Crippen molar-refractivity contribution in [2.45, 2.75) is 50.6 Å². The van der Waals surface area contributed by atoms with Crippen LogP contribution in [0.1, 0.15) is 36.0 Å². The van der Waals surface area contributed by atoms with Gasteiger partial charge in [0, 0.05) is 13.1 Å². The lowest BCUT2D eigenvalue weighted by Gasteiger charge is -2.23. The van der Waals surface area contributed by atoms with Gasteiger partial charge in [0.15, 0.2) is 5.96 Å². The Morgan fingerprint density at radius 3 is 2.07 bits per heavy atom. The van der Waals surface area contributed by atoms with Crippen molar-refractivity contribution < 1.29 is 9.59 Å². The van der Waals surface area contributed by atoms with Crippen molar-refractivity contribution in [3.05, 3.63) is 120 Å². The fourth-order valence-electron chi connectivity index (χ4n) is 5.21. The second-order valence-electron chi connectivity index (χ2n) is 11.0. The maximum Gasteiger partial charge on any atom is 0.242 e. The van der Waals surface area contributed by atoms with Gasteiger partial charge in [-0.05, 0) is 72.5 Å². The molecular formula is C36H44N6O2. The van der Waals surface area contributed by atoms with Crippen molar-refractivity contribution in [2.24, 2.45) is 16.5 Å². The van der Waals surface area contributed by atoms with Gasteiger partial charge >= 0.3 is 0 Å². The number of amides is 2. The first kappa shape index (κ1) is 32.2. The van der Waals surface area contributed by atoms with E-state index < -0.39 is 12.1 Å². The Morgan fingerprint density at radius 2 is 1.34 bits per heavy atom. The van der Waals surface area contributed by atoms with Crippen LogP contribution in [0, 0.1) is 0 Å². The zero-order valence-electron chi connectivity index (χ0n) is 25.3. The van der Waals surface area contributed by atoms with Gasteiger partial charge in [0.2, 0.25) is 11.8 Å². The van der Waals surface area contributed by atoms with E-state index in [-0.39, 0.29) is 17.8 Å². The Hall–Kier alpha value is -4.69. The molecule has 0 saturated carbocycles. The van der Waals surface area contributed by atoms with E-state index in [2.05, 4.69) is 63.4 Å². The zero-order chi connectivity index (χ0) is 31.0. The monoisotopic (exact) mass is 592 g/mol. The van der Waals surface area contributed by atoms with Crippen molar-refractivity contribution in [2.75, 3.05) is 19.6 Å². The van der Waals surface area contributed by atoms with Crippen LogP contribution in [0.3, 0.4) is 0 Å². The second-order valence-corrected chi connectivity index (χ2v) is 11.0. The number of fused-ring (bicyclic) bond motifs is 1. The lowest BCUT2D eigenvalue weighted by atomic mass is 10.0. The fourth-order valence-corrected chi connectivity index (χ4v) is 5.21. The van der Waals surface area contributed by atoms with Gasteiger partial charge in [0.25, 0.3) is 0 Å². The number of aliphatic imine (C=N–C) groups is 1. The lowest BCUT2D eigenvalue weighted by Crippen LogP contribution is -2.53. The van der Waals surface area contributed by atoms with Crippen molar-refractivity contribution in [3.8, 4) is 0 Å². The SMILES string of the molecule is NC(N)=NCCC[C@H](NC(=O)[C@@H](Cc1ccccc1)NCCCc1ccccc1)C(=O)NCCc1ccc2ccccc2c1. The third-order valence-corrected chi connectivity index (χ3v) is 7.58. The molecule has 4 aromatic rings. The maximum absolute atomic E-state index is 13.7. The van der Waals surface area contributed by atoms with Gasteiger partial charge in [0.05, 0.1) is 6.04 Å². The lowest BCUT2D eigenvalue weighted by molar-refractivity contribution is -0.130. The largest absolute Gasteiger partial charge is 0.370 e. The molecule has 7 N–H and O–H groups in total. The molecule has 4 rings (SSSR count). The average molecular weight is 593 g/mol. The zero-order valence-corrected chi connectivity index (χ0v) is 25.3. The van der Waals surface area contributed by atoms with E-state index in [1.54, 1.807) is 0 Å². The van der Waals surface area contributed by atoms with Crippen LogP contribution in [-0.4, -0.2) is 49.5 Å². The van der Waals surface area contributed by atoms with E-state index in [0.717, 1.165) is 24.0 Å². The first-order valence-corrected chi connectivity index (χ1v) is 15.4. The third-order valence-electron chi connectivity index (χ3n) is 7.58. The van der Waals surface area contributed by atoms with Crippen molar-refractivity contribution in [1.29, 1.82) is 0 Å². The van der Waals surface area contributed by atoms with Crippen LogP contribution in [0.4, 0.5) is 0 Å². The first-order valence-electron chi connectivity index (χ1n) is 15.4. The molecule has 44 heavy (non-hydrogen) atoms. The van der Waals surface area contributed by atoms with Crippen LogP contribution < -0.4 is 27.4 Å². The molecule has 0 unspecified atom stereocenters. The highest BCUT2D eigenvalue weighted by Crippen LogP contribution is 2.16. The number of nitrogens with one attached hydrogen (secondary N) is 3. The van der Waals surface area contributed by atoms with Gasteiger partial charge in [-0.2, -0.15) is 0 Å². The topological polar surface area (TPSA) is 135 Å². The molecule has 0 aromatic heterocycles. The van der Waals surface area contributed by atoms with Crippen LogP contribution in [0.15, 0.2) is 108 Å². The summed E-state index contributed by atoms with van der Waals surface area (Å²) in [4.78, 5) is 31.1. The molecule has 0 radical (unpaired) electrons. The Morgan fingerprint density at radius 1 is 0.659 bits per heavy atom. The molecule has 0 aliphatic carbocycles. The van der Waals surface area contributed by atoms with Crippen molar-refractivity contribution in [1.82, 2.24) is 16.0 Å². The summed E-state index contributed by atoms with van der Waals surface area (Å²) < 4.78 is 0. The number of benzene rings is 4. The first-order chi connectivity index (χ1) is 21.5. The van der Waals surface area contributed by atoms with Gasteiger partial charge in [0.1, 0.15) is 6.04 Å². The minimum Gasteiger partial charge on any atom is -0.370 e. The molecule has 2 atom stereocenters. The molecule has 0 bridgehead atoms. The number of carbonyl (C=O) groups is 2. The number of rotatable bonds is 17. The number of hydrogen-bond acceptors (Lipinski definition) is 4. The van der Waals surface area contributed by atoms with Crippen LogP contribution in [0.2, 0.25) is 0 Å². The van der Waals surface area contributed by atoms with Crippen LogP contribution >= 0.6 is 0 Å². The normalized spacial score (nSPS) is 12.3. The van der Waals surface area contributed by atoms with E-state index in [1.807, 2.05) is 60.7 Å². The quantitative estimate of drug-likeness (QED) is 0.0721. The molecular weight excluding hydrogens is 548 g/mol. The molecule has 0 fully saturated rings. The summed E-state index contributed by atoms with van der Waals surface area (Å²) in [7, 11) is 0. The second kappa shape index (κ2) is 17.4. The number of carbonyl (C=O) groups excluding carboxylic acids is 2. The van der Waals surface area contributed by atoms with E-state index in [0.29, 0.717) is 45.3 Å². The highest BCUT2D eigenvalue weighted by atomic mass is 16.2. The Labute approximate surface area is 260 Å². The smallest absolute Gasteiger partial charge is 0.242 e. The van der Waals surface area contributed by atoms with Gasteiger partial charge in [-0.3, -0.25) is 14.6 Å². The summed E-state index contributed by atoms with van der Waals surface area (Å²) >= 11 is 0. The van der Waals surface area contributed by atoms with Crippen LogP contribution in [0.25, 0.3) is 10.8 Å². The molecule has 8 heteroatoms. The van der Waals surface area contributed by atoms with Gasteiger partial charge in [-0.15, -0.1) is 0 Å². The molecule has 0 saturated heterocycles. The van der Waals surface area contributed by atoms with Gasteiger partial charge < -0.3 is 27.4 Å². The van der Waals surface area contributed by atoms with E-state index >= 15 is 0 Å². The number of nitrogens with zero attached hydrogens (tertiary/aromatic N) is 1. The summed E-state index contributed by atoms with van der Waals surface area (Å²) in [6, 6.07) is 33.6.